The van der Waals surface area contributed by atoms with Gasteiger partial charge in [-0.25, -0.2) is 0 Å². The molecule has 0 aromatic rings. The minimum absolute atomic E-state index is 0.160. The first-order valence-corrected chi connectivity index (χ1v) is 7.21. The van der Waals surface area contributed by atoms with E-state index < -0.39 is 16.9 Å². The molecule has 0 aromatic heterocycles. The van der Waals surface area contributed by atoms with Crippen LogP contribution in [0, 0.1) is 5.41 Å². The molecule has 19 heavy (non-hydrogen) atoms. The first-order chi connectivity index (χ1) is 8.90. The van der Waals surface area contributed by atoms with Gasteiger partial charge in [-0.3, -0.25) is 9.59 Å². The molecule has 0 bridgehead atoms. The lowest BCUT2D eigenvalue weighted by atomic mass is 9.80. The van der Waals surface area contributed by atoms with Crippen LogP contribution in [0.5, 0.6) is 0 Å². The Hall–Kier alpha value is -1.10. The number of carbonyl (C=O) groups excluding carboxylic acids is 1. The van der Waals surface area contributed by atoms with Crippen LogP contribution >= 0.6 is 0 Å². The van der Waals surface area contributed by atoms with E-state index in [-0.39, 0.29) is 12.5 Å². The fourth-order valence-corrected chi connectivity index (χ4v) is 2.71. The average Bonchev–Trinajstić information content (AvgIpc) is 2.40. The maximum Gasteiger partial charge on any atom is 0.311 e. The first-order valence-electron chi connectivity index (χ1n) is 7.21. The molecule has 5 heteroatoms. The highest BCUT2D eigenvalue weighted by Crippen LogP contribution is 2.28. The molecule has 4 N–H and O–H groups in total. The molecule has 5 nitrogen and oxygen atoms in total. The van der Waals surface area contributed by atoms with Crippen molar-refractivity contribution in [3.63, 3.8) is 0 Å². The van der Waals surface area contributed by atoms with Gasteiger partial charge in [0.15, 0.2) is 0 Å². The molecule has 0 atom stereocenters. The summed E-state index contributed by atoms with van der Waals surface area (Å²) >= 11 is 0. The Labute approximate surface area is 114 Å². The predicted octanol–water partition coefficient (Wildman–Crippen LogP) is 1.66. The van der Waals surface area contributed by atoms with Crippen molar-refractivity contribution in [2.45, 2.75) is 64.3 Å². The number of carbonyl (C=O) groups is 2. The fourth-order valence-electron chi connectivity index (χ4n) is 2.71. The monoisotopic (exact) mass is 270 g/mol. The van der Waals surface area contributed by atoms with Crippen LogP contribution in [-0.4, -0.2) is 29.1 Å². The standard InChI is InChI=1S/C14H26N2O3/c1-3-13(4-2,12(18)19)10-16-11(17)14(15)8-6-5-7-9-14/h3-10,15H2,1-2H3,(H,16,17)(H,18,19). The van der Waals surface area contributed by atoms with E-state index in [2.05, 4.69) is 5.32 Å². The van der Waals surface area contributed by atoms with Crippen LogP contribution in [-0.2, 0) is 9.59 Å². The van der Waals surface area contributed by atoms with Crippen LogP contribution in [0.15, 0.2) is 0 Å². The number of aliphatic carboxylic acids is 1. The van der Waals surface area contributed by atoms with E-state index in [9.17, 15) is 14.7 Å². The molecule has 1 aliphatic carbocycles. The topological polar surface area (TPSA) is 92.4 Å². The van der Waals surface area contributed by atoms with Crippen molar-refractivity contribution in [2.24, 2.45) is 11.1 Å². The second kappa shape index (κ2) is 6.37. The summed E-state index contributed by atoms with van der Waals surface area (Å²) in [6, 6.07) is 0. The Balaban J connectivity index is 2.64. The summed E-state index contributed by atoms with van der Waals surface area (Å²) in [6.07, 6.45) is 5.43. The molecular weight excluding hydrogens is 244 g/mol. The summed E-state index contributed by atoms with van der Waals surface area (Å²) in [6.45, 7) is 3.83. The Kier molecular flexibility index (Phi) is 5.35. The van der Waals surface area contributed by atoms with Crippen molar-refractivity contribution >= 4 is 11.9 Å². The zero-order chi connectivity index (χ0) is 14.5. The van der Waals surface area contributed by atoms with E-state index >= 15 is 0 Å². The van der Waals surface area contributed by atoms with Gasteiger partial charge in [0.25, 0.3) is 0 Å². The highest BCUT2D eigenvalue weighted by molar-refractivity contribution is 5.87. The van der Waals surface area contributed by atoms with Crippen molar-refractivity contribution in [2.75, 3.05) is 6.54 Å². The lowest BCUT2D eigenvalue weighted by Gasteiger charge is -2.34. The van der Waals surface area contributed by atoms with Gasteiger partial charge < -0.3 is 16.2 Å². The maximum atomic E-state index is 12.2. The van der Waals surface area contributed by atoms with Gasteiger partial charge in [-0.2, -0.15) is 0 Å². The zero-order valence-electron chi connectivity index (χ0n) is 12.0. The van der Waals surface area contributed by atoms with Crippen LogP contribution < -0.4 is 11.1 Å². The number of nitrogens with one attached hydrogen (secondary N) is 1. The molecule has 0 heterocycles. The predicted molar refractivity (Wildman–Crippen MR) is 73.7 cm³/mol. The van der Waals surface area contributed by atoms with Crippen LogP contribution in [0.4, 0.5) is 0 Å². The molecule has 1 fully saturated rings. The quantitative estimate of drug-likeness (QED) is 0.684. The Morgan fingerprint density at radius 3 is 2.16 bits per heavy atom. The van der Waals surface area contributed by atoms with E-state index in [0.717, 1.165) is 19.3 Å². The smallest absolute Gasteiger partial charge is 0.311 e. The lowest BCUT2D eigenvalue weighted by Crippen LogP contribution is -2.57. The van der Waals surface area contributed by atoms with Gasteiger partial charge in [0, 0.05) is 6.54 Å². The van der Waals surface area contributed by atoms with Crippen LogP contribution in [0.25, 0.3) is 0 Å². The summed E-state index contributed by atoms with van der Waals surface area (Å²) in [5.41, 5.74) is 4.46. The molecule has 0 unspecified atom stereocenters. The Morgan fingerprint density at radius 1 is 1.21 bits per heavy atom. The molecule has 1 amide bonds. The van der Waals surface area contributed by atoms with Crippen molar-refractivity contribution in [3.8, 4) is 0 Å². The third-order valence-corrected chi connectivity index (χ3v) is 4.59. The van der Waals surface area contributed by atoms with Crippen molar-refractivity contribution in [3.05, 3.63) is 0 Å². The summed E-state index contributed by atoms with van der Waals surface area (Å²) in [7, 11) is 0. The molecule has 1 saturated carbocycles. The van der Waals surface area contributed by atoms with Gasteiger partial charge in [-0.05, 0) is 25.7 Å². The number of rotatable bonds is 6. The van der Waals surface area contributed by atoms with Gasteiger partial charge >= 0.3 is 5.97 Å². The second-order valence-corrected chi connectivity index (χ2v) is 5.69. The normalized spacial score (nSPS) is 18.9. The third-order valence-electron chi connectivity index (χ3n) is 4.59. The van der Waals surface area contributed by atoms with Crippen LogP contribution in [0.3, 0.4) is 0 Å². The zero-order valence-corrected chi connectivity index (χ0v) is 12.0. The van der Waals surface area contributed by atoms with Gasteiger partial charge in [-0.1, -0.05) is 33.1 Å². The highest BCUT2D eigenvalue weighted by Gasteiger charge is 2.39. The molecule has 1 aliphatic rings. The molecule has 1 rings (SSSR count). The lowest BCUT2D eigenvalue weighted by molar-refractivity contribution is -0.149. The number of hydrogen-bond donors (Lipinski definition) is 3. The largest absolute Gasteiger partial charge is 0.481 e. The second-order valence-electron chi connectivity index (χ2n) is 5.69. The number of carboxylic acid groups (broad SMARTS) is 1. The first kappa shape index (κ1) is 16.0. The molecule has 0 aromatic carbocycles. The van der Waals surface area contributed by atoms with Crippen molar-refractivity contribution in [1.29, 1.82) is 0 Å². The van der Waals surface area contributed by atoms with Crippen molar-refractivity contribution in [1.82, 2.24) is 5.32 Å². The Morgan fingerprint density at radius 2 is 1.74 bits per heavy atom. The van der Waals surface area contributed by atoms with Crippen LogP contribution in [0.2, 0.25) is 0 Å². The Bertz CT molecular complexity index is 332. The number of hydrogen-bond acceptors (Lipinski definition) is 3. The fraction of sp³-hybridized carbons (Fsp3) is 0.857. The number of nitrogens with two attached hydrogens (primary N) is 1. The van der Waals surface area contributed by atoms with Crippen LogP contribution in [0.1, 0.15) is 58.8 Å². The van der Waals surface area contributed by atoms with Gasteiger partial charge in [0.2, 0.25) is 5.91 Å². The van der Waals surface area contributed by atoms with E-state index in [0.29, 0.717) is 25.7 Å². The van der Waals surface area contributed by atoms with Gasteiger partial charge in [0.05, 0.1) is 11.0 Å². The molecule has 0 saturated heterocycles. The number of carboxylic acids is 1. The molecular formula is C14H26N2O3. The molecule has 110 valence electrons. The van der Waals surface area contributed by atoms with E-state index in [1.807, 2.05) is 13.8 Å². The summed E-state index contributed by atoms with van der Waals surface area (Å²) in [4.78, 5) is 23.6. The average molecular weight is 270 g/mol. The maximum absolute atomic E-state index is 12.2. The summed E-state index contributed by atoms with van der Waals surface area (Å²) in [5, 5.41) is 12.1. The SMILES string of the molecule is CCC(CC)(CNC(=O)C1(N)CCCCC1)C(=O)O. The molecule has 0 radical (unpaired) electrons. The highest BCUT2D eigenvalue weighted by atomic mass is 16.4. The minimum Gasteiger partial charge on any atom is -0.481 e. The van der Waals surface area contributed by atoms with Crippen molar-refractivity contribution < 1.29 is 14.7 Å². The molecule has 0 spiro atoms. The van der Waals surface area contributed by atoms with Gasteiger partial charge in [0.1, 0.15) is 0 Å². The van der Waals surface area contributed by atoms with E-state index in [4.69, 9.17) is 5.73 Å². The van der Waals surface area contributed by atoms with E-state index in [1.54, 1.807) is 0 Å². The summed E-state index contributed by atoms with van der Waals surface area (Å²) in [5.74, 6) is -1.05. The minimum atomic E-state index is -0.874. The third kappa shape index (κ3) is 3.47. The molecule has 0 aliphatic heterocycles. The van der Waals surface area contributed by atoms with E-state index in [1.165, 1.54) is 0 Å². The van der Waals surface area contributed by atoms with Gasteiger partial charge in [-0.15, -0.1) is 0 Å². The summed E-state index contributed by atoms with van der Waals surface area (Å²) < 4.78 is 0. The number of amides is 1.